The molecule has 5 rings (SSSR count). The van der Waals surface area contributed by atoms with Crippen molar-refractivity contribution in [1.29, 1.82) is 0 Å². The molecule has 3 aromatic heterocycles. The number of rotatable bonds is 5. The number of imidazole rings is 2. The number of aromatic amines is 1. The number of unbranched alkanes of at least 4 members (excludes halogenated alkanes) is 1. The molecular weight excluding hydrogens is 378 g/mol. The molecule has 156 valence electrons. The molecule has 30 heavy (non-hydrogen) atoms. The molecule has 0 unspecified atom stereocenters. The third-order valence-corrected chi connectivity index (χ3v) is 6.24. The number of hydrogen-bond acceptors (Lipinski definition) is 5. The summed E-state index contributed by atoms with van der Waals surface area (Å²) in [6, 6.07) is 8.09. The van der Waals surface area contributed by atoms with Crippen molar-refractivity contribution in [3.05, 3.63) is 46.9 Å². The lowest BCUT2D eigenvalue weighted by Gasteiger charge is -2.33. The zero-order valence-electron chi connectivity index (χ0n) is 17.5. The summed E-state index contributed by atoms with van der Waals surface area (Å²) in [5.74, 6) is 1.97. The molecule has 1 fully saturated rings. The minimum Gasteiger partial charge on any atom is -0.355 e. The van der Waals surface area contributed by atoms with Crippen LogP contribution < -0.4 is 10.6 Å². The third kappa shape index (κ3) is 3.07. The van der Waals surface area contributed by atoms with Crippen LogP contribution in [-0.2, 0) is 13.5 Å². The van der Waals surface area contributed by atoms with Crippen LogP contribution >= 0.6 is 0 Å². The molecule has 1 aromatic carbocycles. The number of aryl methyl sites for hydroxylation is 2. The maximum atomic E-state index is 12.6. The van der Waals surface area contributed by atoms with Crippen LogP contribution in [0.4, 0.5) is 5.82 Å². The molecular formula is C22H27N7O. The van der Waals surface area contributed by atoms with Crippen LogP contribution in [0.3, 0.4) is 0 Å². The normalized spacial score (nSPS) is 15.5. The fourth-order valence-electron chi connectivity index (χ4n) is 4.59. The Balaban J connectivity index is 1.41. The van der Waals surface area contributed by atoms with Crippen molar-refractivity contribution in [3.63, 3.8) is 0 Å². The van der Waals surface area contributed by atoms with E-state index in [2.05, 4.69) is 31.3 Å². The molecule has 0 atom stereocenters. The van der Waals surface area contributed by atoms with E-state index < -0.39 is 0 Å². The Kier molecular flexibility index (Phi) is 4.77. The second kappa shape index (κ2) is 7.59. The van der Waals surface area contributed by atoms with Crippen molar-refractivity contribution in [2.75, 3.05) is 18.0 Å². The standard InChI is InChI=1S/C22H27N7O/c1-3-4-9-18-26-19-20(27(18)2)23-14-24-21(19)28-12-10-15(11-13-28)29-17-8-6-5-7-16(17)25-22(29)30/h5-8,14-15H,3-4,9-13H2,1-2H3,(H,25,30). The highest BCUT2D eigenvalue weighted by Gasteiger charge is 2.26. The fraction of sp³-hybridized carbons (Fsp3) is 0.455. The minimum atomic E-state index is -0.0237. The first-order chi connectivity index (χ1) is 14.7. The van der Waals surface area contributed by atoms with E-state index in [4.69, 9.17) is 4.98 Å². The number of fused-ring (bicyclic) bond motifs is 2. The molecule has 4 aromatic rings. The van der Waals surface area contributed by atoms with Gasteiger partial charge in [-0.3, -0.25) is 4.57 Å². The van der Waals surface area contributed by atoms with Gasteiger partial charge in [-0.1, -0.05) is 25.5 Å². The first-order valence-electron chi connectivity index (χ1n) is 10.8. The molecule has 1 N–H and O–H groups in total. The van der Waals surface area contributed by atoms with Gasteiger partial charge in [0.1, 0.15) is 12.2 Å². The van der Waals surface area contributed by atoms with Gasteiger partial charge in [-0.15, -0.1) is 0 Å². The molecule has 0 amide bonds. The molecule has 1 aliphatic heterocycles. The quantitative estimate of drug-likeness (QED) is 0.551. The number of H-pyrrole nitrogens is 1. The molecule has 8 heteroatoms. The molecule has 0 spiro atoms. The van der Waals surface area contributed by atoms with E-state index in [1.807, 2.05) is 35.9 Å². The van der Waals surface area contributed by atoms with Crippen LogP contribution in [0, 0.1) is 0 Å². The number of benzene rings is 1. The Labute approximate surface area is 174 Å². The maximum Gasteiger partial charge on any atom is 0.326 e. The third-order valence-electron chi connectivity index (χ3n) is 6.24. The van der Waals surface area contributed by atoms with Gasteiger partial charge in [-0.2, -0.15) is 0 Å². The zero-order valence-corrected chi connectivity index (χ0v) is 17.5. The number of anilines is 1. The van der Waals surface area contributed by atoms with Crippen molar-refractivity contribution in [2.24, 2.45) is 7.05 Å². The summed E-state index contributed by atoms with van der Waals surface area (Å²) in [6.07, 6.45) is 6.63. The van der Waals surface area contributed by atoms with Crippen LogP contribution in [0.2, 0.25) is 0 Å². The van der Waals surface area contributed by atoms with Crippen LogP contribution in [0.15, 0.2) is 35.4 Å². The van der Waals surface area contributed by atoms with E-state index in [9.17, 15) is 4.79 Å². The lowest BCUT2D eigenvalue weighted by molar-refractivity contribution is 0.395. The Bertz CT molecular complexity index is 1240. The van der Waals surface area contributed by atoms with Gasteiger partial charge in [0.2, 0.25) is 0 Å². The number of aromatic nitrogens is 6. The smallest absolute Gasteiger partial charge is 0.326 e. The van der Waals surface area contributed by atoms with Crippen LogP contribution in [-0.4, -0.2) is 42.2 Å². The Morgan fingerprint density at radius 2 is 1.97 bits per heavy atom. The first kappa shape index (κ1) is 18.8. The van der Waals surface area contributed by atoms with Gasteiger partial charge in [0.15, 0.2) is 17.0 Å². The highest BCUT2D eigenvalue weighted by atomic mass is 16.1. The van der Waals surface area contributed by atoms with E-state index in [1.54, 1.807) is 6.33 Å². The van der Waals surface area contributed by atoms with Crippen molar-refractivity contribution < 1.29 is 0 Å². The highest BCUT2D eigenvalue weighted by Crippen LogP contribution is 2.30. The Hall–Kier alpha value is -3.16. The zero-order chi connectivity index (χ0) is 20.7. The SMILES string of the molecule is CCCCc1nc2c(N3CCC(n4c(=O)[nH]c5ccccc54)CC3)ncnc2n1C. The molecule has 0 aliphatic carbocycles. The molecule has 1 saturated heterocycles. The second-order valence-electron chi connectivity index (χ2n) is 8.10. The second-order valence-corrected chi connectivity index (χ2v) is 8.10. The highest BCUT2D eigenvalue weighted by molar-refractivity contribution is 5.84. The van der Waals surface area contributed by atoms with E-state index in [-0.39, 0.29) is 11.7 Å². The van der Waals surface area contributed by atoms with E-state index in [1.165, 1.54) is 0 Å². The predicted octanol–water partition coefficient (Wildman–Crippen LogP) is 3.19. The lowest BCUT2D eigenvalue weighted by Crippen LogP contribution is -2.37. The summed E-state index contributed by atoms with van der Waals surface area (Å²) in [6.45, 7) is 3.87. The number of para-hydroxylation sites is 2. The molecule has 0 radical (unpaired) electrons. The summed E-state index contributed by atoms with van der Waals surface area (Å²) in [4.78, 5) is 31.8. The van der Waals surface area contributed by atoms with Crippen LogP contribution in [0.5, 0.6) is 0 Å². The summed E-state index contributed by atoms with van der Waals surface area (Å²) < 4.78 is 4.01. The average Bonchev–Trinajstić information content (AvgIpc) is 3.28. The van der Waals surface area contributed by atoms with Gasteiger partial charge >= 0.3 is 5.69 Å². The largest absolute Gasteiger partial charge is 0.355 e. The Morgan fingerprint density at radius 3 is 2.77 bits per heavy atom. The summed E-state index contributed by atoms with van der Waals surface area (Å²) in [5, 5.41) is 0. The average molecular weight is 406 g/mol. The van der Waals surface area contributed by atoms with Crippen LogP contribution in [0.1, 0.15) is 44.5 Å². The number of piperidine rings is 1. The van der Waals surface area contributed by atoms with Crippen LogP contribution in [0.25, 0.3) is 22.2 Å². The van der Waals surface area contributed by atoms with Gasteiger partial charge < -0.3 is 14.5 Å². The predicted molar refractivity (Wildman–Crippen MR) is 118 cm³/mol. The number of nitrogens with one attached hydrogen (secondary N) is 1. The Morgan fingerprint density at radius 1 is 1.17 bits per heavy atom. The van der Waals surface area contributed by atoms with Gasteiger partial charge in [-0.25, -0.2) is 19.7 Å². The van der Waals surface area contributed by atoms with E-state index in [0.717, 1.165) is 79.0 Å². The molecule has 0 saturated carbocycles. The summed E-state index contributed by atoms with van der Waals surface area (Å²) in [7, 11) is 2.03. The monoisotopic (exact) mass is 405 g/mol. The van der Waals surface area contributed by atoms with Crippen molar-refractivity contribution in [2.45, 2.75) is 45.1 Å². The van der Waals surface area contributed by atoms with Gasteiger partial charge in [0.05, 0.1) is 11.0 Å². The number of nitrogens with zero attached hydrogens (tertiary/aromatic N) is 6. The topological polar surface area (TPSA) is 84.6 Å². The van der Waals surface area contributed by atoms with Crippen molar-refractivity contribution in [3.8, 4) is 0 Å². The van der Waals surface area contributed by atoms with Gasteiger partial charge in [0, 0.05) is 32.6 Å². The fourth-order valence-corrected chi connectivity index (χ4v) is 4.59. The first-order valence-corrected chi connectivity index (χ1v) is 10.8. The molecule has 4 heterocycles. The van der Waals surface area contributed by atoms with Gasteiger partial charge in [0.25, 0.3) is 0 Å². The molecule has 8 nitrogen and oxygen atoms in total. The van der Waals surface area contributed by atoms with Crippen molar-refractivity contribution >= 4 is 28.0 Å². The maximum absolute atomic E-state index is 12.6. The van der Waals surface area contributed by atoms with E-state index in [0.29, 0.717) is 0 Å². The summed E-state index contributed by atoms with van der Waals surface area (Å²) in [5.41, 5.74) is 3.63. The summed E-state index contributed by atoms with van der Waals surface area (Å²) >= 11 is 0. The lowest BCUT2D eigenvalue weighted by atomic mass is 10.0. The molecule has 1 aliphatic rings. The number of hydrogen-bond donors (Lipinski definition) is 1. The van der Waals surface area contributed by atoms with E-state index >= 15 is 0 Å². The minimum absolute atomic E-state index is 0.0237. The molecule has 0 bridgehead atoms. The van der Waals surface area contributed by atoms with Gasteiger partial charge in [-0.05, 0) is 31.4 Å². The van der Waals surface area contributed by atoms with Crippen molar-refractivity contribution in [1.82, 2.24) is 29.1 Å².